The molecular weight excluding hydrogens is 351 g/mol. The number of benzene rings is 2. The van der Waals surface area contributed by atoms with Gasteiger partial charge in [-0.25, -0.2) is 4.39 Å². The minimum atomic E-state index is -0.598. The van der Waals surface area contributed by atoms with E-state index < -0.39 is 17.8 Å². The fourth-order valence-electron chi connectivity index (χ4n) is 2.29. The minimum absolute atomic E-state index is 0.0499. The van der Waals surface area contributed by atoms with E-state index in [1.807, 2.05) is 0 Å². The standard InChI is InChI=1S/C19H21FN4O3/c1-12(19(27)23-15-8-6-13(7-9-15)18(21)26)24(2)11-17(25)22-16-5-3-4-14(20)10-16/h3-10,12H,11H2,1-2H3,(H2,21,26)(H,22,25)(H,23,27)/t12-/m1/s1. The van der Waals surface area contributed by atoms with Gasteiger partial charge in [0.15, 0.2) is 0 Å². The number of halogens is 1. The first kappa shape index (κ1) is 20.1. The second-order valence-corrected chi connectivity index (χ2v) is 6.08. The molecule has 0 heterocycles. The Morgan fingerprint density at radius 2 is 1.74 bits per heavy atom. The highest BCUT2D eigenvalue weighted by Gasteiger charge is 2.20. The average Bonchev–Trinajstić information content (AvgIpc) is 2.61. The van der Waals surface area contributed by atoms with Gasteiger partial charge in [-0.15, -0.1) is 0 Å². The SMILES string of the molecule is C[C@H](C(=O)Nc1ccc(C(N)=O)cc1)N(C)CC(=O)Nc1cccc(F)c1. The van der Waals surface area contributed by atoms with E-state index in [1.165, 1.54) is 30.3 Å². The first-order valence-electron chi connectivity index (χ1n) is 8.22. The number of nitrogens with two attached hydrogens (primary N) is 1. The molecule has 3 amide bonds. The number of amides is 3. The van der Waals surface area contributed by atoms with Crippen molar-refractivity contribution in [3.05, 3.63) is 59.9 Å². The predicted molar refractivity (Wildman–Crippen MR) is 101 cm³/mol. The van der Waals surface area contributed by atoms with Crippen molar-refractivity contribution in [1.29, 1.82) is 0 Å². The van der Waals surface area contributed by atoms with Crippen molar-refractivity contribution in [2.45, 2.75) is 13.0 Å². The number of primary amides is 1. The summed E-state index contributed by atoms with van der Waals surface area (Å²) in [6.07, 6.45) is 0. The molecule has 2 rings (SSSR count). The summed E-state index contributed by atoms with van der Waals surface area (Å²) in [6.45, 7) is 1.61. The van der Waals surface area contributed by atoms with Crippen molar-refractivity contribution >= 4 is 29.1 Å². The topological polar surface area (TPSA) is 105 Å². The number of anilines is 2. The number of carbonyl (C=O) groups excluding carboxylic acids is 3. The molecule has 27 heavy (non-hydrogen) atoms. The number of hydrogen-bond acceptors (Lipinski definition) is 4. The van der Waals surface area contributed by atoms with E-state index in [0.29, 0.717) is 16.9 Å². The van der Waals surface area contributed by atoms with Gasteiger partial charge in [0.1, 0.15) is 5.82 Å². The maximum absolute atomic E-state index is 13.2. The zero-order valence-corrected chi connectivity index (χ0v) is 15.0. The van der Waals surface area contributed by atoms with Crippen molar-refractivity contribution < 1.29 is 18.8 Å². The summed E-state index contributed by atoms with van der Waals surface area (Å²) in [5.41, 5.74) is 6.37. The molecule has 7 nitrogen and oxygen atoms in total. The van der Waals surface area contributed by atoms with E-state index in [1.54, 1.807) is 37.1 Å². The molecule has 4 N–H and O–H groups in total. The number of likely N-dealkylation sites (N-methyl/N-ethyl adjacent to an activating group) is 1. The summed E-state index contributed by atoms with van der Waals surface area (Å²) in [5.74, 6) is -1.68. The molecule has 0 fully saturated rings. The van der Waals surface area contributed by atoms with Crippen LogP contribution >= 0.6 is 0 Å². The van der Waals surface area contributed by atoms with E-state index in [9.17, 15) is 18.8 Å². The second kappa shape index (κ2) is 8.91. The summed E-state index contributed by atoms with van der Waals surface area (Å²) in [6, 6.07) is 11.1. The fraction of sp³-hybridized carbons (Fsp3) is 0.211. The Hall–Kier alpha value is -3.26. The highest BCUT2D eigenvalue weighted by molar-refractivity contribution is 5.97. The van der Waals surface area contributed by atoms with E-state index in [0.717, 1.165) is 0 Å². The lowest BCUT2D eigenvalue weighted by atomic mass is 10.2. The number of carbonyl (C=O) groups is 3. The quantitative estimate of drug-likeness (QED) is 0.689. The van der Waals surface area contributed by atoms with Crippen LogP contribution in [0.2, 0.25) is 0 Å². The molecule has 1 atom stereocenters. The van der Waals surface area contributed by atoms with Gasteiger partial charge in [-0.1, -0.05) is 6.07 Å². The molecule has 0 spiro atoms. The van der Waals surface area contributed by atoms with E-state index in [-0.39, 0.29) is 18.4 Å². The van der Waals surface area contributed by atoms with Crippen LogP contribution in [-0.4, -0.2) is 42.3 Å². The lowest BCUT2D eigenvalue weighted by Crippen LogP contribution is -2.43. The van der Waals surface area contributed by atoms with Crippen molar-refractivity contribution in [3.63, 3.8) is 0 Å². The summed E-state index contributed by atoms with van der Waals surface area (Å²) in [5, 5.41) is 5.28. The van der Waals surface area contributed by atoms with Crippen LogP contribution in [-0.2, 0) is 9.59 Å². The molecule has 0 radical (unpaired) electrons. The molecule has 0 aliphatic carbocycles. The third kappa shape index (κ3) is 5.89. The molecule has 0 aliphatic rings. The maximum atomic E-state index is 13.2. The van der Waals surface area contributed by atoms with Crippen molar-refractivity contribution in [3.8, 4) is 0 Å². The van der Waals surface area contributed by atoms with E-state index in [2.05, 4.69) is 10.6 Å². The van der Waals surface area contributed by atoms with E-state index >= 15 is 0 Å². The first-order chi connectivity index (χ1) is 12.8. The minimum Gasteiger partial charge on any atom is -0.366 e. The van der Waals surface area contributed by atoms with Gasteiger partial charge < -0.3 is 16.4 Å². The largest absolute Gasteiger partial charge is 0.366 e. The molecule has 0 saturated heterocycles. The zero-order valence-electron chi connectivity index (χ0n) is 15.0. The van der Waals surface area contributed by atoms with Gasteiger partial charge in [0, 0.05) is 16.9 Å². The molecular formula is C19H21FN4O3. The van der Waals surface area contributed by atoms with Gasteiger partial charge in [-0.05, 0) is 56.4 Å². The van der Waals surface area contributed by atoms with Crippen LogP contribution < -0.4 is 16.4 Å². The highest BCUT2D eigenvalue weighted by atomic mass is 19.1. The number of nitrogens with zero attached hydrogens (tertiary/aromatic N) is 1. The van der Waals surface area contributed by atoms with Crippen LogP contribution in [0.1, 0.15) is 17.3 Å². The van der Waals surface area contributed by atoms with Crippen LogP contribution in [0.3, 0.4) is 0 Å². The van der Waals surface area contributed by atoms with E-state index in [4.69, 9.17) is 5.73 Å². The highest BCUT2D eigenvalue weighted by Crippen LogP contribution is 2.11. The van der Waals surface area contributed by atoms with Gasteiger partial charge in [-0.3, -0.25) is 19.3 Å². The van der Waals surface area contributed by atoms with Crippen LogP contribution in [0.4, 0.5) is 15.8 Å². The van der Waals surface area contributed by atoms with Crippen LogP contribution in [0.5, 0.6) is 0 Å². The third-order valence-electron chi connectivity index (χ3n) is 3.98. The van der Waals surface area contributed by atoms with Crippen LogP contribution in [0.25, 0.3) is 0 Å². The Labute approximate surface area is 156 Å². The molecule has 0 aromatic heterocycles. The van der Waals surface area contributed by atoms with Crippen LogP contribution in [0, 0.1) is 5.82 Å². The Kier molecular flexibility index (Phi) is 6.62. The van der Waals surface area contributed by atoms with Gasteiger partial charge in [0.2, 0.25) is 17.7 Å². The lowest BCUT2D eigenvalue weighted by molar-refractivity contribution is -0.122. The normalized spacial score (nSPS) is 11.7. The van der Waals surface area contributed by atoms with Crippen molar-refractivity contribution in [1.82, 2.24) is 4.90 Å². The Morgan fingerprint density at radius 3 is 2.33 bits per heavy atom. The van der Waals surface area contributed by atoms with Gasteiger partial charge in [-0.2, -0.15) is 0 Å². The van der Waals surface area contributed by atoms with Crippen molar-refractivity contribution in [2.75, 3.05) is 24.2 Å². The Balaban J connectivity index is 1.89. The Morgan fingerprint density at radius 1 is 1.07 bits per heavy atom. The van der Waals surface area contributed by atoms with Crippen molar-refractivity contribution in [2.24, 2.45) is 5.73 Å². The summed E-state index contributed by atoms with van der Waals surface area (Å²) in [4.78, 5) is 37.0. The molecule has 2 aromatic carbocycles. The molecule has 0 bridgehead atoms. The lowest BCUT2D eigenvalue weighted by Gasteiger charge is -2.23. The third-order valence-corrected chi connectivity index (χ3v) is 3.98. The predicted octanol–water partition coefficient (Wildman–Crippen LogP) is 1.82. The molecule has 8 heteroatoms. The molecule has 0 unspecified atom stereocenters. The number of hydrogen-bond donors (Lipinski definition) is 3. The Bertz CT molecular complexity index is 839. The van der Waals surface area contributed by atoms with Gasteiger partial charge in [0.25, 0.3) is 0 Å². The first-order valence-corrected chi connectivity index (χ1v) is 8.22. The molecule has 2 aromatic rings. The van der Waals surface area contributed by atoms with Gasteiger partial charge in [0.05, 0.1) is 12.6 Å². The molecule has 142 valence electrons. The smallest absolute Gasteiger partial charge is 0.248 e. The van der Waals surface area contributed by atoms with Gasteiger partial charge >= 0.3 is 0 Å². The molecule has 0 saturated carbocycles. The summed E-state index contributed by atoms with van der Waals surface area (Å²) < 4.78 is 13.2. The molecule has 0 aliphatic heterocycles. The second-order valence-electron chi connectivity index (χ2n) is 6.08. The monoisotopic (exact) mass is 372 g/mol. The average molecular weight is 372 g/mol. The summed E-state index contributed by atoms with van der Waals surface area (Å²) >= 11 is 0. The number of rotatable bonds is 7. The number of nitrogens with one attached hydrogen (secondary N) is 2. The maximum Gasteiger partial charge on any atom is 0.248 e. The zero-order chi connectivity index (χ0) is 20.0. The fourth-order valence-corrected chi connectivity index (χ4v) is 2.29. The van der Waals surface area contributed by atoms with Crippen LogP contribution in [0.15, 0.2) is 48.5 Å². The summed E-state index contributed by atoms with van der Waals surface area (Å²) in [7, 11) is 1.63.